The van der Waals surface area contributed by atoms with Gasteiger partial charge in [0.05, 0.1) is 11.9 Å². The highest BCUT2D eigenvalue weighted by Crippen LogP contribution is 2.27. The molecule has 1 atom stereocenters. The van der Waals surface area contributed by atoms with Crippen molar-refractivity contribution in [1.82, 2.24) is 9.97 Å². The first-order chi connectivity index (χ1) is 10.8. The van der Waals surface area contributed by atoms with E-state index >= 15 is 0 Å². The van der Waals surface area contributed by atoms with E-state index < -0.39 is 0 Å². The molecule has 3 aromatic rings. The lowest BCUT2D eigenvalue weighted by molar-refractivity contribution is 0.561. The van der Waals surface area contributed by atoms with Crippen molar-refractivity contribution in [1.29, 1.82) is 0 Å². The molecule has 1 radical (unpaired) electrons. The third-order valence-electron chi connectivity index (χ3n) is 4.13. The number of imidazole rings is 1. The van der Waals surface area contributed by atoms with Crippen molar-refractivity contribution in [2.75, 3.05) is 0 Å². The van der Waals surface area contributed by atoms with Crippen molar-refractivity contribution in [3.05, 3.63) is 66.4 Å². The highest BCUT2D eigenvalue weighted by Gasteiger charge is 2.11. The van der Waals surface area contributed by atoms with Crippen LogP contribution < -0.4 is 0 Å². The molecule has 0 aliphatic carbocycles. The first-order valence-corrected chi connectivity index (χ1v) is 7.87. The average molecular weight is 289 g/mol. The summed E-state index contributed by atoms with van der Waals surface area (Å²) < 4.78 is 0. The van der Waals surface area contributed by atoms with Gasteiger partial charge in [-0.25, -0.2) is 4.98 Å². The number of benzene rings is 2. The number of H-pyrrole nitrogens is 1. The Kier molecular flexibility index (Phi) is 4.38. The number of aromatic amines is 1. The summed E-state index contributed by atoms with van der Waals surface area (Å²) in [5, 5.41) is 0. The van der Waals surface area contributed by atoms with Gasteiger partial charge in [-0.15, -0.1) is 0 Å². The molecule has 0 bridgehead atoms. The van der Waals surface area contributed by atoms with Crippen LogP contribution in [0.5, 0.6) is 0 Å². The van der Waals surface area contributed by atoms with E-state index in [1.165, 1.54) is 17.5 Å². The third-order valence-corrected chi connectivity index (χ3v) is 4.13. The third kappa shape index (κ3) is 3.11. The van der Waals surface area contributed by atoms with Crippen LogP contribution in [0.25, 0.3) is 22.6 Å². The molecule has 0 spiro atoms. The minimum atomic E-state index is 0.678. The van der Waals surface area contributed by atoms with Gasteiger partial charge in [0.1, 0.15) is 5.82 Å². The van der Waals surface area contributed by atoms with E-state index in [1.54, 1.807) is 0 Å². The van der Waals surface area contributed by atoms with Crippen LogP contribution in [0.15, 0.2) is 54.7 Å². The summed E-state index contributed by atoms with van der Waals surface area (Å²) in [4.78, 5) is 7.98. The number of nitrogens with zero attached hydrogens (tertiary/aromatic N) is 1. The highest BCUT2D eigenvalue weighted by atomic mass is 14.9. The van der Waals surface area contributed by atoms with E-state index in [0.717, 1.165) is 23.5 Å². The van der Waals surface area contributed by atoms with Gasteiger partial charge in [0.15, 0.2) is 0 Å². The molecule has 1 aromatic heterocycles. The molecule has 3 rings (SSSR count). The fraction of sp³-hybridized carbons (Fsp3) is 0.250. The molecule has 2 nitrogen and oxygen atoms in total. The maximum Gasteiger partial charge on any atom is 0.137 e. The summed E-state index contributed by atoms with van der Waals surface area (Å²) >= 11 is 0. The maximum atomic E-state index is 4.53. The van der Waals surface area contributed by atoms with Gasteiger partial charge in [0.2, 0.25) is 0 Å². The molecule has 22 heavy (non-hydrogen) atoms. The molecule has 2 heteroatoms. The quantitative estimate of drug-likeness (QED) is 0.692. The Morgan fingerprint density at radius 1 is 1.18 bits per heavy atom. The number of hydrogen-bond donors (Lipinski definition) is 1. The number of aromatic nitrogens is 2. The van der Waals surface area contributed by atoms with Crippen LogP contribution in [0.1, 0.15) is 25.8 Å². The largest absolute Gasteiger partial charge is 0.338 e. The van der Waals surface area contributed by atoms with Crippen molar-refractivity contribution in [3.8, 4) is 22.6 Å². The Morgan fingerprint density at radius 2 is 2.00 bits per heavy atom. The summed E-state index contributed by atoms with van der Waals surface area (Å²) in [5.74, 6) is 1.59. The van der Waals surface area contributed by atoms with E-state index in [2.05, 4.69) is 54.1 Å². The zero-order valence-electron chi connectivity index (χ0n) is 13.1. The molecule has 1 N–H and O–H groups in total. The second-order valence-electron chi connectivity index (χ2n) is 5.81. The molecule has 0 saturated carbocycles. The minimum Gasteiger partial charge on any atom is -0.338 e. The summed E-state index contributed by atoms with van der Waals surface area (Å²) in [5.41, 5.74) is 4.74. The molecule has 2 aromatic carbocycles. The molecule has 0 fully saturated rings. The monoisotopic (exact) mass is 289 g/mol. The lowest BCUT2D eigenvalue weighted by atomic mass is 9.94. The molecule has 0 saturated heterocycles. The van der Waals surface area contributed by atoms with Gasteiger partial charge in [0, 0.05) is 11.1 Å². The lowest BCUT2D eigenvalue weighted by Crippen LogP contribution is -1.99. The van der Waals surface area contributed by atoms with Crippen LogP contribution in [0.3, 0.4) is 0 Å². The normalized spacial score (nSPS) is 12.3. The standard InChI is InChI=1S/C20H21N2/c1-3-15(2)13-17-11-7-8-12-18(17)19-14-21-20(22-19)16-9-5-4-6-10-16/h4-7,9-12,14-15H,3,13H2,1-2H3,(H,21,22). The van der Waals surface area contributed by atoms with E-state index in [-0.39, 0.29) is 0 Å². The van der Waals surface area contributed by atoms with Crippen LogP contribution >= 0.6 is 0 Å². The Hall–Kier alpha value is -2.35. The van der Waals surface area contributed by atoms with Gasteiger partial charge in [-0.2, -0.15) is 0 Å². The van der Waals surface area contributed by atoms with Crippen LogP contribution in [-0.2, 0) is 6.42 Å². The van der Waals surface area contributed by atoms with Crippen LogP contribution in [0.2, 0.25) is 0 Å². The average Bonchev–Trinajstić information content (AvgIpc) is 3.06. The summed E-state index contributed by atoms with van der Waals surface area (Å²) in [7, 11) is 0. The van der Waals surface area contributed by atoms with E-state index in [0.29, 0.717) is 5.92 Å². The predicted octanol–water partition coefficient (Wildman–Crippen LogP) is 5.13. The van der Waals surface area contributed by atoms with E-state index in [9.17, 15) is 0 Å². The first kappa shape index (κ1) is 14.6. The van der Waals surface area contributed by atoms with Gasteiger partial charge in [0.25, 0.3) is 0 Å². The highest BCUT2D eigenvalue weighted by molar-refractivity contribution is 5.67. The Labute approximate surface area is 132 Å². The predicted molar refractivity (Wildman–Crippen MR) is 91.5 cm³/mol. The van der Waals surface area contributed by atoms with Crippen molar-refractivity contribution in [3.63, 3.8) is 0 Å². The maximum absolute atomic E-state index is 4.53. The molecule has 0 aliphatic rings. The second-order valence-corrected chi connectivity index (χ2v) is 5.81. The Balaban J connectivity index is 1.94. The fourth-order valence-electron chi connectivity index (χ4n) is 2.61. The van der Waals surface area contributed by atoms with E-state index in [1.807, 2.05) is 30.5 Å². The van der Waals surface area contributed by atoms with Gasteiger partial charge < -0.3 is 4.98 Å². The number of hydrogen-bond acceptors (Lipinski definition) is 1. The SMILES string of the molecule is CCC(C)Cc1cc[c]cc1-c1cnc(-c2ccccc2)[nH]1. The Bertz CT molecular complexity index is 728. The minimum absolute atomic E-state index is 0.678. The molecule has 1 unspecified atom stereocenters. The molecular weight excluding hydrogens is 268 g/mol. The van der Waals surface area contributed by atoms with Gasteiger partial charge in [-0.3, -0.25) is 0 Å². The lowest BCUT2D eigenvalue weighted by Gasteiger charge is -2.12. The molecule has 1 heterocycles. The smallest absolute Gasteiger partial charge is 0.137 e. The van der Waals surface area contributed by atoms with Crippen molar-refractivity contribution >= 4 is 0 Å². The number of rotatable bonds is 5. The van der Waals surface area contributed by atoms with Crippen LogP contribution in [0, 0.1) is 12.0 Å². The summed E-state index contributed by atoms with van der Waals surface area (Å²) in [6, 6.07) is 19.6. The van der Waals surface area contributed by atoms with Gasteiger partial charge in [-0.1, -0.05) is 62.7 Å². The number of nitrogens with one attached hydrogen (secondary N) is 1. The van der Waals surface area contributed by atoms with Crippen molar-refractivity contribution < 1.29 is 0 Å². The van der Waals surface area contributed by atoms with Crippen LogP contribution in [0.4, 0.5) is 0 Å². The van der Waals surface area contributed by atoms with Gasteiger partial charge in [-0.05, 0) is 30.0 Å². The van der Waals surface area contributed by atoms with E-state index in [4.69, 9.17) is 0 Å². The Morgan fingerprint density at radius 3 is 2.77 bits per heavy atom. The zero-order chi connectivity index (χ0) is 15.4. The van der Waals surface area contributed by atoms with Gasteiger partial charge >= 0.3 is 0 Å². The van der Waals surface area contributed by atoms with Crippen molar-refractivity contribution in [2.24, 2.45) is 5.92 Å². The summed E-state index contributed by atoms with van der Waals surface area (Å²) in [6.45, 7) is 4.53. The van der Waals surface area contributed by atoms with Crippen LogP contribution in [-0.4, -0.2) is 9.97 Å². The molecule has 0 aliphatic heterocycles. The molecule has 111 valence electrons. The topological polar surface area (TPSA) is 28.7 Å². The molecular formula is C20H21N2. The summed E-state index contributed by atoms with van der Waals surface area (Å²) in [6.07, 6.45) is 4.20. The fourth-order valence-corrected chi connectivity index (χ4v) is 2.61. The molecule has 0 amide bonds. The zero-order valence-corrected chi connectivity index (χ0v) is 13.1. The van der Waals surface area contributed by atoms with Crippen molar-refractivity contribution in [2.45, 2.75) is 26.7 Å². The first-order valence-electron chi connectivity index (χ1n) is 7.87. The second kappa shape index (κ2) is 6.61.